The number of hydrogen-bond donors (Lipinski definition) is 15. The van der Waals surface area contributed by atoms with Crippen LogP contribution in [0.2, 0.25) is 0 Å². The molecule has 2 aromatic rings. The first-order valence-corrected chi connectivity index (χ1v) is 20.7. The molecule has 26 heteroatoms. The zero-order chi connectivity index (χ0) is 46.9. The van der Waals surface area contributed by atoms with Gasteiger partial charge in [-0.2, -0.15) is 0 Å². The molecule has 0 fully saturated rings. The maximum absolute atomic E-state index is 14.6. The van der Waals surface area contributed by atoms with Crippen molar-refractivity contribution in [1.82, 2.24) is 14.7 Å². The summed E-state index contributed by atoms with van der Waals surface area (Å²) in [6, 6.07) is 5.71. The van der Waals surface area contributed by atoms with Crippen molar-refractivity contribution < 1.29 is 95.5 Å². The number of benzene rings is 2. The SMILES string of the molecule is O=C(CN1C(=O)c2ccccc2C1=O)Nc1c(Br)c(C(=O)N(CC(O)CO)CC(O)C(O)C(O)C(O)CO)c(Br)c(C(=O)N(CC(O)CO)CC(O)C(O)C(O)C(O)CO)c1Br. The quantitative estimate of drug-likeness (QED) is 0.0462. The standard InChI is InChI=1S/C36H47Br3N4O19/c37-25-23(35(61)41(5-14(48)10-44)7-18(50)29(55)31(57)20(52)12-46)26(38)28(40-22(54)9-43-33(59)16-3-1-2-4-17(16)34(43)60)27(39)24(25)36(62)42(6-15(49)11-45)8-19(51)30(56)32(58)21(53)13-47/h1-4,14-15,18-21,29-32,44-53,55-58H,5-13H2,(H,40,54). The largest absolute Gasteiger partial charge is 0.394 e. The Bertz CT molecular complexity index is 1810. The third-order valence-electron chi connectivity index (χ3n) is 9.51. The molecule has 10 unspecified atom stereocenters. The molecule has 10 atom stereocenters. The van der Waals surface area contributed by atoms with Gasteiger partial charge in [0.25, 0.3) is 23.6 Å². The number of carbonyl (C=O) groups is 5. The summed E-state index contributed by atoms with van der Waals surface area (Å²) in [7, 11) is 0. The van der Waals surface area contributed by atoms with Crippen molar-refractivity contribution in [1.29, 1.82) is 0 Å². The van der Waals surface area contributed by atoms with Crippen LogP contribution in [0.15, 0.2) is 37.7 Å². The van der Waals surface area contributed by atoms with Crippen molar-refractivity contribution in [3.05, 3.63) is 59.9 Å². The van der Waals surface area contributed by atoms with Crippen molar-refractivity contribution in [2.45, 2.75) is 61.0 Å². The van der Waals surface area contributed by atoms with Crippen LogP contribution in [-0.2, 0) is 4.79 Å². The van der Waals surface area contributed by atoms with E-state index in [1.807, 2.05) is 0 Å². The van der Waals surface area contributed by atoms with Crippen LogP contribution >= 0.6 is 47.8 Å². The van der Waals surface area contributed by atoms with Gasteiger partial charge in [0.15, 0.2) is 0 Å². The highest BCUT2D eigenvalue weighted by Crippen LogP contribution is 2.44. The van der Waals surface area contributed by atoms with Crippen LogP contribution in [0, 0.1) is 0 Å². The highest BCUT2D eigenvalue weighted by Gasteiger charge is 2.40. The summed E-state index contributed by atoms with van der Waals surface area (Å²) in [6.45, 7) is -8.63. The van der Waals surface area contributed by atoms with Gasteiger partial charge in [-0.3, -0.25) is 28.9 Å². The predicted molar refractivity (Wildman–Crippen MR) is 220 cm³/mol. The van der Waals surface area contributed by atoms with Gasteiger partial charge in [0.05, 0.1) is 75.5 Å². The highest BCUT2D eigenvalue weighted by molar-refractivity contribution is 9.11. The van der Waals surface area contributed by atoms with Gasteiger partial charge in [-0.15, -0.1) is 0 Å². The summed E-state index contributed by atoms with van der Waals surface area (Å²) in [5, 5.41) is 144. The van der Waals surface area contributed by atoms with E-state index in [1.54, 1.807) is 0 Å². The van der Waals surface area contributed by atoms with Crippen LogP contribution in [0.3, 0.4) is 0 Å². The molecule has 0 aliphatic carbocycles. The van der Waals surface area contributed by atoms with Gasteiger partial charge >= 0.3 is 0 Å². The Balaban J connectivity index is 2.24. The van der Waals surface area contributed by atoms with Gasteiger partial charge in [0.1, 0.15) is 55.4 Å². The summed E-state index contributed by atoms with van der Waals surface area (Å²) >= 11 is 9.57. The smallest absolute Gasteiger partial charge is 0.262 e. The molecule has 0 spiro atoms. The van der Waals surface area contributed by atoms with Crippen molar-refractivity contribution in [2.75, 3.05) is 64.5 Å². The van der Waals surface area contributed by atoms with Gasteiger partial charge in [-0.25, -0.2) is 0 Å². The van der Waals surface area contributed by atoms with Crippen molar-refractivity contribution in [2.24, 2.45) is 0 Å². The number of aliphatic hydroxyl groups excluding tert-OH is 14. The zero-order valence-corrected chi connectivity index (χ0v) is 37.0. The second-order valence-electron chi connectivity index (χ2n) is 14.0. The highest BCUT2D eigenvalue weighted by atomic mass is 79.9. The van der Waals surface area contributed by atoms with E-state index in [0.29, 0.717) is 14.7 Å². The van der Waals surface area contributed by atoms with E-state index in [2.05, 4.69) is 53.1 Å². The molecule has 0 aromatic heterocycles. The molecule has 23 nitrogen and oxygen atoms in total. The first-order valence-electron chi connectivity index (χ1n) is 18.4. The van der Waals surface area contributed by atoms with Crippen LogP contribution in [0.5, 0.6) is 0 Å². The lowest BCUT2D eigenvalue weighted by Gasteiger charge is -2.33. The predicted octanol–water partition coefficient (Wildman–Crippen LogP) is -5.33. The summed E-state index contributed by atoms with van der Waals surface area (Å²) in [4.78, 5) is 70.7. The lowest BCUT2D eigenvalue weighted by atomic mass is 10.0. The molecule has 62 heavy (non-hydrogen) atoms. The van der Waals surface area contributed by atoms with Gasteiger partial charge < -0.3 is 86.6 Å². The minimum Gasteiger partial charge on any atom is -0.394 e. The molecular weight excluding hydrogens is 1030 g/mol. The van der Waals surface area contributed by atoms with E-state index in [4.69, 9.17) is 0 Å². The summed E-state index contributed by atoms with van der Waals surface area (Å²) in [5.41, 5.74) is -1.75. The number of imide groups is 1. The average Bonchev–Trinajstić information content (AvgIpc) is 3.49. The third-order valence-corrected chi connectivity index (χ3v) is 11.9. The van der Waals surface area contributed by atoms with Crippen molar-refractivity contribution in [3.8, 4) is 0 Å². The molecule has 1 aliphatic heterocycles. The number of nitrogens with one attached hydrogen (secondary N) is 1. The van der Waals surface area contributed by atoms with Crippen LogP contribution < -0.4 is 5.32 Å². The van der Waals surface area contributed by atoms with Crippen LogP contribution in [0.4, 0.5) is 5.69 Å². The van der Waals surface area contributed by atoms with E-state index in [-0.39, 0.29) is 20.1 Å². The number of fused-ring (bicyclic) bond motifs is 1. The maximum atomic E-state index is 14.6. The van der Waals surface area contributed by atoms with Crippen molar-refractivity contribution >= 4 is 83.0 Å². The molecule has 0 saturated heterocycles. The monoisotopic (exact) mass is 1080 g/mol. The fourth-order valence-electron chi connectivity index (χ4n) is 6.07. The Morgan fingerprint density at radius 3 is 1.24 bits per heavy atom. The number of hydrogen-bond acceptors (Lipinski definition) is 19. The molecule has 2 aromatic carbocycles. The van der Waals surface area contributed by atoms with Crippen LogP contribution in [-0.4, -0.2) is 236 Å². The van der Waals surface area contributed by atoms with Gasteiger partial charge in [0.2, 0.25) is 5.91 Å². The summed E-state index contributed by atoms with van der Waals surface area (Å²) < 4.78 is -1.27. The Hall–Kier alpha value is -3.13. The fraction of sp³-hybridized carbons (Fsp3) is 0.528. The molecule has 3 rings (SSSR count). The second-order valence-corrected chi connectivity index (χ2v) is 16.4. The lowest BCUT2D eigenvalue weighted by molar-refractivity contribution is -0.118. The number of aliphatic hydroxyl groups is 14. The molecule has 346 valence electrons. The molecule has 1 aliphatic rings. The average molecular weight is 1080 g/mol. The van der Waals surface area contributed by atoms with E-state index in [0.717, 1.165) is 0 Å². The Morgan fingerprint density at radius 2 is 0.903 bits per heavy atom. The normalized spacial score (nSPS) is 17.6. The Morgan fingerprint density at radius 1 is 0.548 bits per heavy atom. The number of amides is 5. The third kappa shape index (κ3) is 12.4. The molecule has 15 N–H and O–H groups in total. The van der Waals surface area contributed by atoms with Crippen LogP contribution in [0.25, 0.3) is 0 Å². The number of nitrogens with zero attached hydrogens (tertiary/aromatic N) is 3. The summed E-state index contributed by atoms with van der Waals surface area (Å²) in [5.74, 6) is -5.28. The molecular formula is C36H47Br3N4O19. The maximum Gasteiger partial charge on any atom is 0.262 e. The number of rotatable bonds is 23. The Labute approximate surface area is 377 Å². The van der Waals surface area contributed by atoms with Gasteiger partial charge in [-0.05, 0) is 59.9 Å². The van der Waals surface area contributed by atoms with Gasteiger partial charge in [-0.1, -0.05) is 12.1 Å². The second kappa shape index (κ2) is 23.7. The summed E-state index contributed by atoms with van der Waals surface area (Å²) in [6.07, 6.45) is -20.5. The van der Waals surface area contributed by atoms with E-state index >= 15 is 0 Å². The minimum atomic E-state index is -2.24. The number of anilines is 1. The molecule has 0 saturated carbocycles. The van der Waals surface area contributed by atoms with E-state index < -0.39 is 171 Å². The van der Waals surface area contributed by atoms with Crippen molar-refractivity contribution in [3.63, 3.8) is 0 Å². The molecule has 0 radical (unpaired) electrons. The first-order chi connectivity index (χ1) is 29.1. The zero-order valence-electron chi connectivity index (χ0n) is 32.2. The first kappa shape index (κ1) is 53.2. The topological polar surface area (TPSA) is 390 Å². The van der Waals surface area contributed by atoms with E-state index in [9.17, 15) is 95.5 Å². The number of carbonyl (C=O) groups excluding carboxylic acids is 5. The van der Waals surface area contributed by atoms with Crippen LogP contribution in [0.1, 0.15) is 41.4 Å². The van der Waals surface area contributed by atoms with Gasteiger partial charge in [0, 0.05) is 30.7 Å². The van der Waals surface area contributed by atoms with E-state index in [1.165, 1.54) is 24.3 Å². The lowest BCUT2D eigenvalue weighted by Crippen LogP contribution is -2.52. The minimum absolute atomic E-state index is 0.00350. The fourth-order valence-corrected chi connectivity index (χ4v) is 8.93. The number of halogens is 3. The Kier molecular flexibility index (Phi) is 20.3. The molecule has 0 bridgehead atoms. The molecule has 1 heterocycles. The molecule has 5 amide bonds.